The Kier molecular flexibility index (Phi) is 3.76. The van der Waals surface area contributed by atoms with Crippen LogP contribution in [0.1, 0.15) is 34.3 Å². The third-order valence-electron chi connectivity index (χ3n) is 3.02. The van der Waals surface area contributed by atoms with Crippen molar-refractivity contribution in [3.05, 3.63) is 27.4 Å². The van der Waals surface area contributed by atoms with Crippen LogP contribution in [0.5, 0.6) is 0 Å². The van der Waals surface area contributed by atoms with E-state index in [4.69, 9.17) is 0 Å². The van der Waals surface area contributed by atoms with Gasteiger partial charge < -0.3 is 5.32 Å². The van der Waals surface area contributed by atoms with Crippen LogP contribution in [-0.4, -0.2) is 15.2 Å². The molecule has 1 N–H and O–H groups in total. The molecule has 2 heterocycles. The van der Waals surface area contributed by atoms with Gasteiger partial charge in [-0.25, -0.2) is 4.98 Å². The van der Waals surface area contributed by atoms with E-state index in [9.17, 15) is 5.26 Å². The Hall–Kier alpha value is -2.00. The van der Waals surface area contributed by atoms with Crippen molar-refractivity contribution in [3.8, 4) is 6.07 Å². The van der Waals surface area contributed by atoms with Crippen molar-refractivity contribution >= 4 is 22.3 Å². The fourth-order valence-corrected chi connectivity index (χ4v) is 2.64. The topological polar surface area (TPSA) is 74.5 Å². The Morgan fingerprint density at radius 1 is 1.26 bits per heavy atom. The quantitative estimate of drug-likeness (QED) is 0.930. The smallest absolute Gasteiger partial charge is 0.188 e. The maximum absolute atomic E-state index is 9.23. The van der Waals surface area contributed by atoms with E-state index >= 15 is 0 Å². The van der Waals surface area contributed by atoms with Crippen molar-refractivity contribution in [1.82, 2.24) is 15.2 Å². The summed E-state index contributed by atoms with van der Waals surface area (Å²) in [6.07, 6.45) is 0.897. The van der Waals surface area contributed by atoms with E-state index in [0.717, 1.165) is 28.5 Å². The van der Waals surface area contributed by atoms with Gasteiger partial charge in [-0.15, -0.1) is 16.4 Å². The first-order valence-corrected chi connectivity index (χ1v) is 6.85. The van der Waals surface area contributed by atoms with Gasteiger partial charge in [-0.05, 0) is 32.8 Å². The summed E-state index contributed by atoms with van der Waals surface area (Å²) in [7, 11) is 0. The zero-order valence-electron chi connectivity index (χ0n) is 11.4. The maximum Gasteiger partial charge on any atom is 0.188 e. The van der Waals surface area contributed by atoms with Gasteiger partial charge in [-0.2, -0.15) is 10.4 Å². The van der Waals surface area contributed by atoms with E-state index in [1.807, 2.05) is 20.8 Å². The number of rotatable bonds is 3. The van der Waals surface area contributed by atoms with Crippen LogP contribution in [0.15, 0.2) is 0 Å². The second-order valence-electron chi connectivity index (χ2n) is 4.25. The van der Waals surface area contributed by atoms with E-state index < -0.39 is 0 Å². The van der Waals surface area contributed by atoms with Crippen molar-refractivity contribution in [3.63, 3.8) is 0 Å². The molecule has 0 saturated heterocycles. The highest BCUT2D eigenvalue weighted by molar-refractivity contribution is 7.15. The normalized spacial score (nSPS) is 10.3. The zero-order valence-corrected chi connectivity index (χ0v) is 12.2. The number of nitriles is 1. The second kappa shape index (κ2) is 5.33. The van der Waals surface area contributed by atoms with Crippen molar-refractivity contribution in [2.45, 2.75) is 34.1 Å². The van der Waals surface area contributed by atoms with E-state index in [1.54, 1.807) is 11.3 Å². The minimum atomic E-state index is 0.474. The highest BCUT2D eigenvalue weighted by Crippen LogP contribution is 2.27. The van der Waals surface area contributed by atoms with Crippen LogP contribution >= 0.6 is 11.3 Å². The number of hydrogen-bond acceptors (Lipinski definition) is 6. The molecule has 0 aliphatic carbocycles. The average molecular weight is 273 g/mol. The van der Waals surface area contributed by atoms with Gasteiger partial charge in [0.2, 0.25) is 0 Å². The predicted octanol–water partition coefficient (Wildman–Crippen LogP) is 3.04. The van der Waals surface area contributed by atoms with E-state index in [1.165, 1.54) is 4.88 Å². The number of nitrogens with one attached hydrogen (secondary N) is 1. The van der Waals surface area contributed by atoms with Gasteiger partial charge in [-0.3, -0.25) is 0 Å². The summed E-state index contributed by atoms with van der Waals surface area (Å²) in [5.74, 6) is 0.474. The molecule has 0 aliphatic rings. The molecule has 0 bridgehead atoms. The average Bonchev–Trinajstić information content (AvgIpc) is 2.74. The Labute approximate surface area is 116 Å². The third kappa shape index (κ3) is 2.56. The molecular formula is C13H15N5S. The number of nitrogens with zero attached hydrogens (tertiary/aromatic N) is 4. The van der Waals surface area contributed by atoms with E-state index in [-0.39, 0.29) is 0 Å². The van der Waals surface area contributed by atoms with Crippen LogP contribution < -0.4 is 5.32 Å². The first-order valence-electron chi connectivity index (χ1n) is 6.04. The molecule has 2 aromatic rings. The number of anilines is 2. The van der Waals surface area contributed by atoms with Crippen molar-refractivity contribution in [2.75, 3.05) is 5.32 Å². The third-order valence-corrected chi connectivity index (χ3v) is 3.95. The van der Waals surface area contributed by atoms with Gasteiger partial charge >= 0.3 is 0 Å². The Bertz CT molecular complexity index is 654. The predicted molar refractivity (Wildman–Crippen MR) is 75.7 cm³/mol. The van der Waals surface area contributed by atoms with Gasteiger partial charge in [0.1, 0.15) is 11.6 Å². The van der Waals surface area contributed by atoms with Crippen molar-refractivity contribution in [1.29, 1.82) is 5.26 Å². The summed E-state index contributed by atoms with van der Waals surface area (Å²) in [5.41, 5.74) is 3.22. The lowest BCUT2D eigenvalue weighted by Crippen LogP contribution is -2.03. The number of hydrogen-bond donors (Lipinski definition) is 1. The molecule has 2 aromatic heterocycles. The lowest BCUT2D eigenvalue weighted by molar-refractivity contribution is 0.958. The van der Waals surface area contributed by atoms with Crippen LogP contribution in [0, 0.1) is 32.1 Å². The SMILES string of the molecule is CCc1nc(Nc2nnc(C)c(C)c2C#N)sc1C. The second-order valence-corrected chi connectivity index (χ2v) is 5.45. The van der Waals surface area contributed by atoms with Crippen LogP contribution in [0.2, 0.25) is 0 Å². The molecule has 0 radical (unpaired) electrons. The van der Waals surface area contributed by atoms with Crippen molar-refractivity contribution < 1.29 is 0 Å². The van der Waals surface area contributed by atoms with Gasteiger partial charge in [0.25, 0.3) is 0 Å². The molecule has 0 fully saturated rings. The largest absolute Gasteiger partial charge is 0.314 e. The summed E-state index contributed by atoms with van der Waals surface area (Å²) in [4.78, 5) is 5.66. The van der Waals surface area contributed by atoms with Crippen LogP contribution in [0.25, 0.3) is 0 Å². The van der Waals surface area contributed by atoms with Gasteiger partial charge in [-0.1, -0.05) is 6.92 Å². The minimum absolute atomic E-state index is 0.474. The molecule has 0 unspecified atom stereocenters. The summed E-state index contributed by atoms with van der Waals surface area (Å²) >= 11 is 1.56. The molecule has 2 rings (SSSR count). The Morgan fingerprint density at radius 3 is 2.58 bits per heavy atom. The highest BCUT2D eigenvalue weighted by atomic mass is 32.1. The fourth-order valence-electron chi connectivity index (χ4n) is 1.74. The summed E-state index contributed by atoms with van der Waals surface area (Å²) in [6.45, 7) is 7.83. The first kappa shape index (κ1) is 13.4. The number of aryl methyl sites for hydroxylation is 3. The molecule has 0 saturated carbocycles. The summed E-state index contributed by atoms with van der Waals surface area (Å²) < 4.78 is 0. The van der Waals surface area contributed by atoms with Gasteiger partial charge in [0, 0.05) is 4.88 Å². The Balaban J connectivity index is 2.38. The lowest BCUT2D eigenvalue weighted by atomic mass is 10.1. The highest BCUT2D eigenvalue weighted by Gasteiger charge is 2.13. The lowest BCUT2D eigenvalue weighted by Gasteiger charge is -2.06. The molecule has 0 aromatic carbocycles. The molecule has 5 nitrogen and oxygen atoms in total. The molecule has 0 aliphatic heterocycles. The standard InChI is InChI=1S/C13H15N5S/c1-5-11-9(4)19-13(15-11)16-12-10(6-14)7(2)8(3)17-18-12/h5H2,1-4H3,(H,15,16,18). The molecule has 0 amide bonds. The fraction of sp³-hybridized carbons (Fsp3) is 0.385. The zero-order chi connectivity index (χ0) is 14.0. The minimum Gasteiger partial charge on any atom is -0.314 e. The molecule has 98 valence electrons. The summed E-state index contributed by atoms with van der Waals surface area (Å²) in [6, 6.07) is 2.17. The summed E-state index contributed by atoms with van der Waals surface area (Å²) in [5, 5.41) is 21.2. The molecule has 0 atom stereocenters. The van der Waals surface area contributed by atoms with Crippen LogP contribution in [0.3, 0.4) is 0 Å². The van der Waals surface area contributed by atoms with Gasteiger partial charge in [0.05, 0.1) is 11.4 Å². The Morgan fingerprint density at radius 2 is 2.00 bits per heavy atom. The number of aromatic nitrogens is 3. The molecule has 19 heavy (non-hydrogen) atoms. The van der Waals surface area contributed by atoms with E-state index in [0.29, 0.717) is 11.4 Å². The maximum atomic E-state index is 9.23. The van der Waals surface area contributed by atoms with E-state index in [2.05, 4.69) is 33.5 Å². The monoisotopic (exact) mass is 273 g/mol. The molecular weight excluding hydrogens is 258 g/mol. The van der Waals surface area contributed by atoms with Crippen molar-refractivity contribution in [2.24, 2.45) is 0 Å². The van der Waals surface area contributed by atoms with Crippen LogP contribution in [0.4, 0.5) is 10.9 Å². The molecule has 6 heteroatoms. The van der Waals surface area contributed by atoms with Gasteiger partial charge in [0.15, 0.2) is 10.9 Å². The number of thiazole rings is 1. The molecule has 0 spiro atoms. The first-order chi connectivity index (χ1) is 9.06. The van der Waals surface area contributed by atoms with Crippen LogP contribution in [-0.2, 0) is 6.42 Å².